The normalized spacial score (nSPS) is 12.7. The Morgan fingerprint density at radius 3 is 2.67 bits per heavy atom. The van der Waals surface area contributed by atoms with Crippen LogP contribution < -0.4 is 4.74 Å². The van der Waals surface area contributed by atoms with E-state index in [1.807, 2.05) is 0 Å². The summed E-state index contributed by atoms with van der Waals surface area (Å²) in [4.78, 5) is 0. The molecule has 0 spiro atoms. The quantitative estimate of drug-likeness (QED) is 0.869. The van der Waals surface area contributed by atoms with Crippen LogP contribution in [0.15, 0.2) is 6.07 Å². The smallest absolute Gasteiger partial charge is 0.148 e. The van der Waals surface area contributed by atoms with Crippen LogP contribution >= 0.6 is 11.6 Å². The minimum Gasteiger partial charge on any atom is -0.496 e. The van der Waals surface area contributed by atoms with Gasteiger partial charge in [-0.25, -0.2) is 4.39 Å². The summed E-state index contributed by atoms with van der Waals surface area (Å²) in [5, 5.41) is 9.33. The molecule has 2 nitrogen and oxygen atoms in total. The predicted molar refractivity (Wildman–Crippen MR) is 58.1 cm³/mol. The van der Waals surface area contributed by atoms with E-state index in [2.05, 4.69) is 0 Å². The first-order valence-electron chi connectivity index (χ1n) is 4.67. The van der Waals surface area contributed by atoms with Crippen LogP contribution in [0.4, 0.5) is 4.39 Å². The van der Waals surface area contributed by atoms with Gasteiger partial charge in [0.2, 0.25) is 0 Å². The number of benzene rings is 1. The maximum Gasteiger partial charge on any atom is 0.148 e. The van der Waals surface area contributed by atoms with Gasteiger partial charge in [-0.15, -0.1) is 0 Å². The van der Waals surface area contributed by atoms with Crippen molar-refractivity contribution >= 4 is 11.6 Å². The number of methoxy groups -OCH3 is 1. The van der Waals surface area contributed by atoms with Gasteiger partial charge in [-0.2, -0.15) is 0 Å². The molecular weight excluding hydrogens is 219 g/mol. The molecule has 0 aromatic heterocycles. The van der Waals surface area contributed by atoms with E-state index in [9.17, 15) is 9.50 Å². The van der Waals surface area contributed by atoms with E-state index in [0.29, 0.717) is 11.3 Å². The number of hydrogen-bond donors (Lipinski definition) is 1. The molecule has 1 unspecified atom stereocenters. The summed E-state index contributed by atoms with van der Waals surface area (Å²) in [6, 6.07) is 1.52. The largest absolute Gasteiger partial charge is 0.496 e. The molecule has 1 N–H and O–H groups in total. The SMILES string of the molecule is COc1c(C)cc(Cl)c(F)c1CC(C)O. The lowest BCUT2D eigenvalue weighted by Crippen LogP contribution is -2.09. The highest BCUT2D eigenvalue weighted by Gasteiger charge is 2.17. The van der Waals surface area contributed by atoms with Gasteiger partial charge >= 0.3 is 0 Å². The first-order chi connectivity index (χ1) is 6.97. The van der Waals surface area contributed by atoms with Gasteiger partial charge in [-0.3, -0.25) is 0 Å². The van der Waals surface area contributed by atoms with E-state index in [1.165, 1.54) is 13.2 Å². The van der Waals surface area contributed by atoms with E-state index < -0.39 is 11.9 Å². The van der Waals surface area contributed by atoms with Crippen molar-refractivity contribution < 1.29 is 14.2 Å². The fraction of sp³-hybridized carbons (Fsp3) is 0.455. The molecule has 1 atom stereocenters. The van der Waals surface area contributed by atoms with Gasteiger partial charge in [-0.1, -0.05) is 11.6 Å². The van der Waals surface area contributed by atoms with Crippen molar-refractivity contribution in [2.24, 2.45) is 0 Å². The summed E-state index contributed by atoms with van der Waals surface area (Å²) in [5.74, 6) is -0.0576. The van der Waals surface area contributed by atoms with Crippen molar-refractivity contribution in [2.45, 2.75) is 26.4 Å². The second kappa shape index (κ2) is 4.81. The number of halogens is 2. The van der Waals surface area contributed by atoms with Crippen molar-refractivity contribution in [3.05, 3.63) is 28.0 Å². The maximum atomic E-state index is 13.7. The Kier molecular flexibility index (Phi) is 3.94. The van der Waals surface area contributed by atoms with E-state index in [4.69, 9.17) is 16.3 Å². The molecule has 1 aromatic carbocycles. The summed E-state index contributed by atoms with van der Waals surface area (Å²) in [6.07, 6.45) is -0.442. The van der Waals surface area contributed by atoms with Gasteiger partial charge in [-0.05, 0) is 25.5 Å². The molecule has 0 aliphatic heterocycles. The number of aryl methyl sites for hydroxylation is 1. The van der Waals surface area contributed by atoms with Crippen molar-refractivity contribution in [1.29, 1.82) is 0 Å². The van der Waals surface area contributed by atoms with Gasteiger partial charge in [0.05, 0.1) is 18.2 Å². The summed E-state index contributed by atoms with van der Waals surface area (Å²) >= 11 is 5.72. The minimum atomic E-state index is -0.633. The lowest BCUT2D eigenvalue weighted by molar-refractivity contribution is 0.192. The van der Waals surface area contributed by atoms with E-state index >= 15 is 0 Å². The van der Waals surface area contributed by atoms with Crippen LogP contribution in [0.3, 0.4) is 0 Å². The molecule has 1 rings (SSSR count). The molecular formula is C11H14ClFO2. The number of rotatable bonds is 3. The molecule has 0 amide bonds. The molecule has 0 radical (unpaired) electrons. The summed E-state index contributed by atoms with van der Waals surface area (Å²) in [7, 11) is 1.47. The summed E-state index contributed by atoms with van der Waals surface area (Å²) < 4.78 is 18.8. The van der Waals surface area contributed by atoms with E-state index in [0.717, 1.165) is 5.56 Å². The zero-order valence-corrected chi connectivity index (χ0v) is 9.73. The third kappa shape index (κ3) is 2.61. The van der Waals surface area contributed by atoms with Crippen molar-refractivity contribution in [2.75, 3.05) is 7.11 Å². The molecule has 0 fully saturated rings. The minimum absolute atomic E-state index is 0.0592. The Morgan fingerprint density at radius 1 is 1.60 bits per heavy atom. The monoisotopic (exact) mass is 232 g/mol. The number of aliphatic hydroxyl groups is 1. The van der Waals surface area contributed by atoms with Gasteiger partial charge in [0.15, 0.2) is 0 Å². The van der Waals surface area contributed by atoms with Crippen LogP contribution in [0.25, 0.3) is 0 Å². The third-order valence-corrected chi connectivity index (χ3v) is 2.43. The Balaban J connectivity index is 3.30. The first kappa shape index (κ1) is 12.3. The van der Waals surface area contributed by atoms with Gasteiger partial charge in [0, 0.05) is 12.0 Å². The van der Waals surface area contributed by atoms with Crippen molar-refractivity contribution in [3.63, 3.8) is 0 Å². The molecule has 0 aliphatic carbocycles. The lowest BCUT2D eigenvalue weighted by Gasteiger charge is -2.14. The molecule has 4 heteroatoms. The summed E-state index contributed by atoms with van der Waals surface area (Å²) in [5.41, 5.74) is 1.09. The Morgan fingerprint density at radius 2 is 2.20 bits per heavy atom. The Bertz CT molecular complexity index is 364. The van der Waals surface area contributed by atoms with Crippen molar-refractivity contribution in [3.8, 4) is 5.75 Å². The van der Waals surface area contributed by atoms with Gasteiger partial charge in [0.1, 0.15) is 11.6 Å². The molecule has 0 bridgehead atoms. The molecule has 0 heterocycles. The third-order valence-electron chi connectivity index (χ3n) is 2.15. The fourth-order valence-corrected chi connectivity index (χ4v) is 1.84. The standard InChI is InChI=1S/C11H14ClFO2/c1-6-4-9(12)10(13)8(5-7(2)14)11(6)15-3/h4,7,14H,5H2,1-3H3. The van der Waals surface area contributed by atoms with Crippen LogP contribution in [0.5, 0.6) is 5.75 Å². The number of hydrogen-bond acceptors (Lipinski definition) is 2. The van der Waals surface area contributed by atoms with E-state index in [1.54, 1.807) is 13.8 Å². The highest BCUT2D eigenvalue weighted by Crippen LogP contribution is 2.32. The highest BCUT2D eigenvalue weighted by molar-refractivity contribution is 6.30. The average Bonchev–Trinajstić information content (AvgIpc) is 2.13. The van der Waals surface area contributed by atoms with Crippen LogP contribution in [0.2, 0.25) is 5.02 Å². The zero-order chi connectivity index (χ0) is 11.6. The topological polar surface area (TPSA) is 29.5 Å². The fourth-order valence-electron chi connectivity index (χ4n) is 1.56. The van der Waals surface area contributed by atoms with E-state index in [-0.39, 0.29) is 11.4 Å². The molecule has 0 aliphatic rings. The second-order valence-electron chi connectivity index (χ2n) is 3.55. The second-order valence-corrected chi connectivity index (χ2v) is 3.96. The number of aliphatic hydroxyl groups excluding tert-OH is 1. The molecule has 0 saturated heterocycles. The number of ether oxygens (including phenoxy) is 1. The molecule has 1 aromatic rings. The predicted octanol–water partition coefficient (Wildman–Crippen LogP) is 2.72. The van der Waals surface area contributed by atoms with Crippen LogP contribution in [0.1, 0.15) is 18.1 Å². The van der Waals surface area contributed by atoms with Crippen LogP contribution in [-0.2, 0) is 6.42 Å². The van der Waals surface area contributed by atoms with Crippen LogP contribution in [-0.4, -0.2) is 18.3 Å². The lowest BCUT2D eigenvalue weighted by atomic mass is 10.0. The van der Waals surface area contributed by atoms with Gasteiger partial charge in [0.25, 0.3) is 0 Å². The van der Waals surface area contributed by atoms with Crippen LogP contribution in [0, 0.1) is 12.7 Å². The highest BCUT2D eigenvalue weighted by atomic mass is 35.5. The Hall–Kier alpha value is -0.800. The van der Waals surface area contributed by atoms with Crippen molar-refractivity contribution in [1.82, 2.24) is 0 Å². The molecule has 15 heavy (non-hydrogen) atoms. The molecule has 84 valence electrons. The average molecular weight is 233 g/mol. The zero-order valence-electron chi connectivity index (χ0n) is 8.97. The first-order valence-corrected chi connectivity index (χ1v) is 5.04. The van der Waals surface area contributed by atoms with Gasteiger partial charge < -0.3 is 9.84 Å². The summed E-state index contributed by atoms with van der Waals surface area (Å²) in [6.45, 7) is 3.38. The maximum absolute atomic E-state index is 13.7. The molecule has 0 saturated carbocycles. The Labute approximate surface area is 93.6 Å².